The number of ether oxygens (including phenoxy) is 1. The third-order valence-corrected chi connectivity index (χ3v) is 3.15. The first kappa shape index (κ1) is 11.6. The minimum absolute atomic E-state index is 0.0827. The van der Waals surface area contributed by atoms with E-state index in [-0.39, 0.29) is 6.10 Å². The number of aryl methyl sites for hydroxylation is 1. The van der Waals surface area contributed by atoms with Gasteiger partial charge in [-0.15, -0.1) is 11.6 Å². The summed E-state index contributed by atoms with van der Waals surface area (Å²) in [5.41, 5.74) is 0.949. The molecule has 16 heavy (non-hydrogen) atoms. The topological polar surface area (TPSA) is 38.2 Å². The molecular formula is C11H16ClN3O. The highest BCUT2D eigenvalue weighted by molar-refractivity contribution is 6.18. The number of halogens is 1. The average Bonchev–Trinajstić information content (AvgIpc) is 2.31. The number of anilines is 1. The van der Waals surface area contributed by atoms with Gasteiger partial charge in [0.15, 0.2) is 0 Å². The maximum Gasteiger partial charge on any atom is 0.150 e. The SMILES string of the molecule is Cc1nccnc1N1CC(CCl)OCC1C. The van der Waals surface area contributed by atoms with Gasteiger partial charge in [0, 0.05) is 18.9 Å². The van der Waals surface area contributed by atoms with Crippen molar-refractivity contribution in [1.29, 1.82) is 0 Å². The molecule has 2 heterocycles. The Kier molecular flexibility index (Phi) is 3.61. The summed E-state index contributed by atoms with van der Waals surface area (Å²) < 4.78 is 5.61. The van der Waals surface area contributed by atoms with Crippen LogP contribution in [0, 0.1) is 6.92 Å². The Balaban J connectivity index is 2.21. The van der Waals surface area contributed by atoms with E-state index in [9.17, 15) is 0 Å². The summed E-state index contributed by atoms with van der Waals surface area (Å²) in [6.07, 6.45) is 3.52. The Morgan fingerprint density at radius 2 is 2.25 bits per heavy atom. The molecule has 2 unspecified atom stereocenters. The zero-order chi connectivity index (χ0) is 11.5. The van der Waals surface area contributed by atoms with Crippen molar-refractivity contribution in [3.63, 3.8) is 0 Å². The predicted octanol–water partition coefficient (Wildman–Crippen LogP) is 1.62. The molecule has 0 aromatic carbocycles. The molecule has 0 N–H and O–H groups in total. The zero-order valence-electron chi connectivity index (χ0n) is 9.56. The molecule has 0 amide bonds. The van der Waals surface area contributed by atoms with Crippen molar-refractivity contribution in [1.82, 2.24) is 9.97 Å². The molecule has 0 spiro atoms. The molecule has 0 saturated carbocycles. The Hall–Kier alpha value is -0.870. The number of rotatable bonds is 2. The van der Waals surface area contributed by atoms with E-state index in [4.69, 9.17) is 16.3 Å². The van der Waals surface area contributed by atoms with Crippen molar-refractivity contribution in [2.24, 2.45) is 0 Å². The number of hydrogen-bond donors (Lipinski definition) is 0. The van der Waals surface area contributed by atoms with E-state index < -0.39 is 0 Å². The second-order valence-electron chi connectivity index (χ2n) is 4.08. The average molecular weight is 242 g/mol. The van der Waals surface area contributed by atoms with Gasteiger partial charge in [-0.1, -0.05) is 0 Å². The van der Waals surface area contributed by atoms with Crippen LogP contribution in [0.1, 0.15) is 12.6 Å². The largest absolute Gasteiger partial charge is 0.373 e. The number of hydrogen-bond acceptors (Lipinski definition) is 4. The lowest BCUT2D eigenvalue weighted by atomic mass is 10.2. The van der Waals surface area contributed by atoms with Crippen LogP contribution in [0.25, 0.3) is 0 Å². The summed E-state index contributed by atoms with van der Waals surface area (Å²) in [6.45, 7) is 5.57. The van der Waals surface area contributed by atoms with Crippen molar-refractivity contribution in [3.05, 3.63) is 18.1 Å². The lowest BCUT2D eigenvalue weighted by Gasteiger charge is -2.38. The molecule has 1 fully saturated rings. The van der Waals surface area contributed by atoms with E-state index >= 15 is 0 Å². The smallest absolute Gasteiger partial charge is 0.150 e. The van der Waals surface area contributed by atoms with E-state index in [1.165, 1.54) is 0 Å². The van der Waals surface area contributed by atoms with Crippen LogP contribution in [-0.2, 0) is 4.74 Å². The molecule has 1 aromatic heterocycles. The summed E-state index contributed by atoms with van der Waals surface area (Å²) in [4.78, 5) is 10.9. The number of aromatic nitrogens is 2. The summed E-state index contributed by atoms with van der Waals surface area (Å²) in [6, 6.07) is 0.315. The van der Waals surface area contributed by atoms with Gasteiger partial charge in [-0.25, -0.2) is 4.98 Å². The molecule has 0 aliphatic carbocycles. The number of nitrogens with zero attached hydrogens (tertiary/aromatic N) is 3. The fourth-order valence-corrected chi connectivity index (χ4v) is 2.07. The third kappa shape index (κ3) is 2.28. The minimum atomic E-state index is 0.0827. The van der Waals surface area contributed by atoms with Gasteiger partial charge in [-0.05, 0) is 13.8 Å². The van der Waals surface area contributed by atoms with Gasteiger partial charge in [0.2, 0.25) is 0 Å². The van der Waals surface area contributed by atoms with Crippen molar-refractivity contribution in [2.75, 3.05) is 23.9 Å². The highest BCUT2D eigenvalue weighted by Crippen LogP contribution is 2.21. The van der Waals surface area contributed by atoms with E-state index in [0.717, 1.165) is 18.1 Å². The van der Waals surface area contributed by atoms with Crippen LogP contribution < -0.4 is 4.90 Å². The summed E-state index contributed by atoms with van der Waals surface area (Å²) in [7, 11) is 0. The van der Waals surface area contributed by atoms with Crippen molar-refractivity contribution in [3.8, 4) is 0 Å². The maximum absolute atomic E-state index is 5.83. The molecule has 2 atom stereocenters. The summed E-state index contributed by atoms with van der Waals surface area (Å²) >= 11 is 5.83. The van der Waals surface area contributed by atoms with E-state index in [2.05, 4.69) is 21.8 Å². The highest BCUT2D eigenvalue weighted by atomic mass is 35.5. The monoisotopic (exact) mass is 241 g/mol. The van der Waals surface area contributed by atoms with Crippen molar-refractivity contribution >= 4 is 17.4 Å². The molecule has 4 nitrogen and oxygen atoms in total. The van der Waals surface area contributed by atoms with Crippen LogP contribution in [-0.4, -0.2) is 41.1 Å². The first-order valence-corrected chi connectivity index (χ1v) is 5.97. The van der Waals surface area contributed by atoms with Gasteiger partial charge >= 0.3 is 0 Å². The fourth-order valence-electron chi connectivity index (χ4n) is 1.89. The lowest BCUT2D eigenvalue weighted by molar-refractivity contribution is 0.0360. The first-order valence-electron chi connectivity index (χ1n) is 5.44. The molecule has 5 heteroatoms. The molecular weight excluding hydrogens is 226 g/mol. The van der Waals surface area contributed by atoms with Crippen LogP contribution in [0.5, 0.6) is 0 Å². The molecule has 1 aromatic rings. The Labute approximate surface area is 101 Å². The molecule has 1 aliphatic heterocycles. The second kappa shape index (κ2) is 4.97. The molecule has 88 valence electrons. The molecule has 1 saturated heterocycles. The van der Waals surface area contributed by atoms with E-state index in [1.807, 2.05) is 6.92 Å². The van der Waals surface area contributed by atoms with Gasteiger partial charge < -0.3 is 9.64 Å². The van der Waals surface area contributed by atoms with Gasteiger partial charge in [0.25, 0.3) is 0 Å². The lowest BCUT2D eigenvalue weighted by Crippen LogP contribution is -2.49. The fraction of sp³-hybridized carbons (Fsp3) is 0.636. The predicted molar refractivity (Wildman–Crippen MR) is 64.0 cm³/mol. The van der Waals surface area contributed by atoms with Gasteiger partial charge in [-0.2, -0.15) is 0 Å². The molecule has 0 radical (unpaired) electrons. The summed E-state index contributed by atoms with van der Waals surface area (Å²) in [5.74, 6) is 1.45. The maximum atomic E-state index is 5.83. The number of alkyl halides is 1. The van der Waals surface area contributed by atoms with Crippen LogP contribution in [0.3, 0.4) is 0 Å². The number of morpholine rings is 1. The Morgan fingerprint density at radius 1 is 1.50 bits per heavy atom. The van der Waals surface area contributed by atoms with Crippen LogP contribution in [0.2, 0.25) is 0 Å². The molecule has 1 aliphatic rings. The van der Waals surface area contributed by atoms with Crippen LogP contribution in [0.15, 0.2) is 12.4 Å². The normalized spacial score (nSPS) is 25.8. The Morgan fingerprint density at radius 3 is 2.94 bits per heavy atom. The first-order chi connectivity index (χ1) is 7.72. The standard InChI is InChI=1S/C11H16ClN3O/c1-8-7-16-10(5-12)6-15(8)11-9(2)13-3-4-14-11/h3-4,8,10H,5-7H2,1-2H3. The highest BCUT2D eigenvalue weighted by Gasteiger charge is 2.27. The van der Waals surface area contributed by atoms with E-state index in [0.29, 0.717) is 18.5 Å². The van der Waals surface area contributed by atoms with Crippen molar-refractivity contribution < 1.29 is 4.74 Å². The van der Waals surface area contributed by atoms with Gasteiger partial charge in [-0.3, -0.25) is 4.98 Å². The van der Waals surface area contributed by atoms with Crippen LogP contribution >= 0.6 is 11.6 Å². The van der Waals surface area contributed by atoms with Crippen molar-refractivity contribution in [2.45, 2.75) is 26.0 Å². The molecule has 2 rings (SSSR count). The quantitative estimate of drug-likeness (QED) is 0.738. The summed E-state index contributed by atoms with van der Waals surface area (Å²) in [5, 5.41) is 0. The Bertz CT molecular complexity index is 361. The second-order valence-corrected chi connectivity index (χ2v) is 4.38. The zero-order valence-corrected chi connectivity index (χ0v) is 10.3. The van der Waals surface area contributed by atoms with Crippen LogP contribution in [0.4, 0.5) is 5.82 Å². The third-order valence-electron chi connectivity index (χ3n) is 2.80. The minimum Gasteiger partial charge on any atom is -0.373 e. The van der Waals surface area contributed by atoms with Gasteiger partial charge in [0.1, 0.15) is 5.82 Å². The van der Waals surface area contributed by atoms with E-state index in [1.54, 1.807) is 12.4 Å². The molecule has 0 bridgehead atoms. The van der Waals surface area contributed by atoms with Gasteiger partial charge in [0.05, 0.1) is 30.3 Å².